The maximum atomic E-state index is 12.5. The van der Waals surface area contributed by atoms with Gasteiger partial charge in [0.2, 0.25) is 0 Å². The van der Waals surface area contributed by atoms with E-state index in [0.717, 1.165) is 16.9 Å². The molecule has 0 radical (unpaired) electrons. The molecule has 112 valence electrons. The summed E-state index contributed by atoms with van der Waals surface area (Å²) in [6, 6.07) is 17.2. The lowest BCUT2D eigenvalue weighted by Gasteiger charge is -2.20. The first-order valence-corrected chi connectivity index (χ1v) is 8.30. The predicted molar refractivity (Wildman–Crippen MR) is 87.7 cm³/mol. The molecule has 21 heavy (non-hydrogen) atoms. The number of rotatable bonds is 6. The van der Waals surface area contributed by atoms with E-state index in [-0.39, 0.29) is 11.3 Å². The van der Waals surface area contributed by atoms with Crippen LogP contribution in [0.15, 0.2) is 54.6 Å². The zero-order valence-electron chi connectivity index (χ0n) is 12.4. The van der Waals surface area contributed by atoms with Gasteiger partial charge in [-0.05, 0) is 30.2 Å². The predicted octanol–water partition coefficient (Wildman–Crippen LogP) is 3.03. The molecule has 0 aliphatic carbocycles. The summed E-state index contributed by atoms with van der Waals surface area (Å²) in [5, 5.41) is -0.112. The molecule has 0 spiro atoms. The van der Waals surface area contributed by atoms with Crippen LogP contribution in [0.25, 0.3) is 0 Å². The first-order chi connectivity index (χ1) is 10.1. The van der Waals surface area contributed by atoms with E-state index in [9.17, 15) is 4.21 Å². The van der Waals surface area contributed by atoms with Gasteiger partial charge < -0.3 is 10.5 Å². The number of hydrogen-bond acceptors (Lipinski definition) is 3. The minimum Gasteiger partial charge on any atom is -0.497 e. The van der Waals surface area contributed by atoms with Gasteiger partial charge in [-0.2, -0.15) is 0 Å². The quantitative estimate of drug-likeness (QED) is 0.892. The lowest BCUT2D eigenvalue weighted by molar-refractivity contribution is 0.414. The minimum atomic E-state index is -1.01. The Morgan fingerprint density at radius 2 is 1.71 bits per heavy atom. The highest BCUT2D eigenvalue weighted by Gasteiger charge is 2.21. The SMILES string of the molecule is COc1ccc(C(N)C(C)S(=O)Cc2ccccc2)cc1. The van der Waals surface area contributed by atoms with Gasteiger partial charge in [-0.25, -0.2) is 0 Å². The van der Waals surface area contributed by atoms with E-state index in [1.54, 1.807) is 7.11 Å². The molecule has 0 aliphatic rings. The van der Waals surface area contributed by atoms with Crippen LogP contribution in [0.2, 0.25) is 0 Å². The number of hydrogen-bond donors (Lipinski definition) is 1. The van der Waals surface area contributed by atoms with Crippen molar-refractivity contribution >= 4 is 10.8 Å². The van der Waals surface area contributed by atoms with Crippen molar-refractivity contribution in [2.75, 3.05) is 7.11 Å². The van der Waals surface area contributed by atoms with E-state index in [1.807, 2.05) is 61.5 Å². The number of ether oxygens (including phenoxy) is 1. The van der Waals surface area contributed by atoms with Crippen LogP contribution < -0.4 is 10.5 Å². The molecule has 0 amide bonds. The minimum absolute atomic E-state index is 0.112. The molecule has 2 N–H and O–H groups in total. The monoisotopic (exact) mass is 303 g/mol. The molecule has 2 rings (SSSR count). The highest BCUT2D eigenvalue weighted by atomic mass is 32.2. The van der Waals surface area contributed by atoms with Gasteiger partial charge in [-0.15, -0.1) is 0 Å². The molecule has 2 aromatic carbocycles. The molecule has 3 atom stereocenters. The third-order valence-corrected chi connectivity index (χ3v) is 5.31. The summed E-state index contributed by atoms with van der Waals surface area (Å²) >= 11 is 0. The Balaban J connectivity index is 2.03. The Morgan fingerprint density at radius 3 is 2.29 bits per heavy atom. The Kier molecular flexibility index (Phi) is 5.53. The first-order valence-electron chi connectivity index (χ1n) is 6.92. The molecule has 0 aliphatic heterocycles. The van der Waals surface area contributed by atoms with E-state index < -0.39 is 10.8 Å². The zero-order valence-corrected chi connectivity index (χ0v) is 13.2. The Morgan fingerprint density at radius 1 is 1.10 bits per heavy atom. The fraction of sp³-hybridized carbons (Fsp3) is 0.294. The van der Waals surface area contributed by atoms with Crippen LogP contribution in [0, 0.1) is 0 Å². The topological polar surface area (TPSA) is 52.3 Å². The van der Waals surface area contributed by atoms with E-state index in [0.29, 0.717) is 5.75 Å². The molecule has 0 heterocycles. The van der Waals surface area contributed by atoms with Gasteiger partial charge in [-0.1, -0.05) is 42.5 Å². The van der Waals surface area contributed by atoms with Crippen LogP contribution >= 0.6 is 0 Å². The van der Waals surface area contributed by atoms with Gasteiger partial charge in [0, 0.05) is 22.6 Å². The van der Waals surface area contributed by atoms with Crippen molar-refractivity contribution in [3.8, 4) is 5.75 Å². The van der Waals surface area contributed by atoms with Crippen molar-refractivity contribution in [1.29, 1.82) is 0 Å². The van der Waals surface area contributed by atoms with Gasteiger partial charge in [0.1, 0.15) is 5.75 Å². The van der Waals surface area contributed by atoms with Crippen molar-refractivity contribution in [3.05, 3.63) is 65.7 Å². The van der Waals surface area contributed by atoms with Gasteiger partial charge in [0.25, 0.3) is 0 Å². The van der Waals surface area contributed by atoms with Gasteiger partial charge in [0.05, 0.1) is 12.4 Å². The molecule has 4 heteroatoms. The second-order valence-electron chi connectivity index (χ2n) is 5.01. The third-order valence-electron chi connectivity index (χ3n) is 3.57. The highest BCUT2D eigenvalue weighted by molar-refractivity contribution is 7.84. The molecular formula is C17H21NO2S. The van der Waals surface area contributed by atoms with Crippen molar-refractivity contribution in [2.24, 2.45) is 5.73 Å². The molecule has 0 bridgehead atoms. The summed E-state index contributed by atoms with van der Waals surface area (Å²) in [7, 11) is 0.622. The van der Waals surface area contributed by atoms with E-state index in [2.05, 4.69) is 0 Å². The van der Waals surface area contributed by atoms with E-state index in [4.69, 9.17) is 10.5 Å². The molecule has 3 unspecified atom stereocenters. The molecular weight excluding hydrogens is 282 g/mol. The van der Waals surface area contributed by atoms with Crippen molar-refractivity contribution in [2.45, 2.75) is 24.0 Å². The number of methoxy groups -OCH3 is 1. The summed E-state index contributed by atoms with van der Waals surface area (Å²) in [6.45, 7) is 1.94. The largest absolute Gasteiger partial charge is 0.497 e. The third kappa shape index (κ3) is 4.16. The Bertz CT molecular complexity index is 583. The average molecular weight is 303 g/mol. The second-order valence-corrected chi connectivity index (χ2v) is 6.81. The molecule has 0 saturated heterocycles. The molecule has 2 aromatic rings. The van der Waals surface area contributed by atoms with Gasteiger partial charge in [-0.3, -0.25) is 4.21 Å². The molecule has 0 fully saturated rings. The van der Waals surface area contributed by atoms with Crippen molar-refractivity contribution in [1.82, 2.24) is 0 Å². The van der Waals surface area contributed by atoms with Gasteiger partial charge >= 0.3 is 0 Å². The van der Waals surface area contributed by atoms with Crippen molar-refractivity contribution in [3.63, 3.8) is 0 Å². The first kappa shape index (κ1) is 15.7. The van der Waals surface area contributed by atoms with E-state index in [1.165, 1.54) is 0 Å². The van der Waals surface area contributed by atoms with Gasteiger partial charge in [0.15, 0.2) is 0 Å². The highest BCUT2D eigenvalue weighted by Crippen LogP contribution is 2.22. The standard InChI is InChI=1S/C17H21NO2S/c1-13(21(19)12-14-6-4-3-5-7-14)17(18)15-8-10-16(20-2)11-9-15/h3-11,13,17H,12,18H2,1-2H3. The summed E-state index contributed by atoms with van der Waals surface area (Å²) < 4.78 is 17.6. The van der Waals surface area contributed by atoms with Crippen LogP contribution in [-0.2, 0) is 16.6 Å². The number of benzene rings is 2. The lowest BCUT2D eigenvalue weighted by Crippen LogP contribution is -2.28. The molecule has 3 nitrogen and oxygen atoms in total. The van der Waals surface area contributed by atoms with Crippen LogP contribution in [0.3, 0.4) is 0 Å². The van der Waals surface area contributed by atoms with Crippen molar-refractivity contribution < 1.29 is 8.95 Å². The zero-order chi connectivity index (χ0) is 15.2. The average Bonchev–Trinajstić information content (AvgIpc) is 2.54. The van der Waals surface area contributed by atoms with Crippen LogP contribution in [0.5, 0.6) is 5.75 Å². The summed E-state index contributed by atoms with van der Waals surface area (Å²) in [6.07, 6.45) is 0. The van der Waals surface area contributed by atoms with Crippen LogP contribution in [-0.4, -0.2) is 16.6 Å². The normalized spacial score (nSPS) is 15.2. The lowest BCUT2D eigenvalue weighted by atomic mass is 10.1. The smallest absolute Gasteiger partial charge is 0.118 e. The Labute approximate surface area is 128 Å². The Hall–Kier alpha value is -1.65. The summed E-state index contributed by atoms with van der Waals surface area (Å²) in [5.74, 6) is 1.33. The van der Waals surface area contributed by atoms with Crippen LogP contribution in [0.4, 0.5) is 0 Å². The molecule has 0 aromatic heterocycles. The maximum absolute atomic E-state index is 12.5. The maximum Gasteiger partial charge on any atom is 0.118 e. The molecule has 0 saturated carbocycles. The second kappa shape index (κ2) is 7.38. The fourth-order valence-corrected chi connectivity index (χ4v) is 3.40. The van der Waals surface area contributed by atoms with E-state index >= 15 is 0 Å². The van der Waals surface area contributed by atoms with Crippen LogP contribution in [0.1, 0.15) is 24.1 Å². The number of nitrogens with two attached hydrogens (primary N) is 1. The summed E-state index contributed by atoms with van der Waals surface area (Å²) in [5.41, 5.74) is 8.30. The fourth-order valence-electron chi connectivity index (χ4n) is 2.13. The summed E-state index contributed by atoms with van der Waals surface area (Å²) in [4.78, 5) is 0.